The third kappa shape index (κ3) is 5.40. The minimum absolute atomic E-state index is 0.000202. The van der Waals surface area contributed by atoms with Crippen LogP contribution in [0.5, 0.6) is 0 Å². The number of carbonyl (C=O) groups is 1. The average Bonchev–Trinajstić information content (AvgIpc) is 2.40. The maximum absolute atomic E-state index is 13.5. The van der Waals surface area contributed by atoms with Gasteiger partial charge in [-0.05, 0) is 25.1 Å². The Hall–Kier alpha value is -2.06. The molecule has 3 N–H and O–H groups in total. The summed E-state index contributed by atoms with van der Waals surface area (Å²) in [6.45, 7) is 2.42. The van der Waals surface area contributed by atoms with E-state index in [4.69, 9.17) is 5.11 Å². The van der Waals surface area contributed by atoms with E-state index in [0.717, 1.165) is 0 Å². The molecule has 2 amide bonds. The minimum atomic E-state index is -0.385. The van der Waals surface area contributed by atoms with Crippen molar-refractivity contribution in [1.29, 1.82) is 0 Å². The molecule has 0 saturated heterocycles. The number of benzene rings is 1. The van der Waals surface area contributed by atoms with Crippen molar-refractivity contribution in [2.75, 3.05) is 13.2 Å². The minimum Gasteiger partial charge on any atom is -0.395 e. The summed E-state index contributed by atoms with van der Waals surface area (Å²) in [5.74, 6) is 5.20. The van der Waals surface area contributed by atoms with E-state index in [-0.39, 0.29) is 25.0 Å². The molecule has 0 spiro atoms. The van der Waals surface area contributed by atoms with Crippen molar-refractivity contribution in [1.82, 2.24) is 10.6 Å². The first-order chi connectivity index (χ1) is 9.17. The summed E-state index contributed by atoms with van der Waals surface area (Å²) < 4.78 is 13.5. The first-order valence-corrected chi connectivity index (χ1v) is 6.07. The van der Waals surface area contributed by atoms with Crippen molar-refractivity contribution in [3.8, 4) is 11.8 Å². The van der Waals surface area contributed by atoms with E-state index in [1.54, 1.807) is 19.1 Å². The fourth-order valence-corrected chi connectivity index (χ4v) is 1.41. The molecule has 1 aromatic rings. The topological polar surface area (TPSA) is 61.4 Å². The van der Waals surface area contributed by atoms with Gasteiger partial charge in [0.1, 0.15) is 5.82 Å². The van der Waals surface area contributed by atoms with Crippen molar-refractivity contribution in [3.63, 3.8) is 0 Å². The largest absolute Gasteiger partial charge is 0.395 e. The molecule has 0 aromatic heterocycles. The number of urea groups is 1. The molecular weight excluding hydrogens is 247 g/mol. The zero-order valence-corrected chi connectivity index (χ0v) is 10.8. The van der Waals surface area contributed by atoms with Crippen LogP contribution in [0.1, 0.15) is 24.5 Å². The molecule has 0 unspecified atom stereocenters. The summed E-state index contributed by atoms with van der Waals surface area (Å²) in [7, 11) is 0. The van der Waals surface area contributed by atoms with Crippen molar-refractivity contribution in [3.05, 3.63) is 35.1 Å². The molecule has 0 fully saturated rings. The lowest BCUT2D eigenvalue weighted by Crippen LogP contribution is -2.34. The smallest absolute Gasteiger partial charge is 0.315 e. The number of carbonyl (C=O) groups excluding carboxylic acids is 1. The molecular formula is C14H17FN2O2. The molecule has 1 aromatic carbocycles. The molecule has 0 aliphatic rings. The van der Waals surface area contributed by atoms with Gasteiger partial charge in [0.05, 0.1) is 6.61 Å². The average molecular weight is 264 g/mol. The van der Waals surface area contributed by atoms with Crippen LogP contribution in [0.3, 0.4) is 0 Å². The number of hydrogen-bond donors (Lipinski definition) is 3. The Balaban J connectivity index is 2.70. The summed E-state index contributed by atoms with van der Waals surface area (Å²) in [6.07, 6.45) is 0.379. The summed E-state index contributed by atoms with van der Waals surface area (Å²) in [6, 6.07) is 4.14. The Morgan fingerprint density at radius 1 is 1.42 bits per heavy atom. The molecule has 19 heavy (non-hydrogen) atoms. The summed E-state index contributed by atoms with van der Waals surface area (Å²) in [5, 5.41) is 13.7. The summed E-state index contributed by atoms with van der Waals surface area (Å²) >= 11 is 0. The molecule has 0 atom stereocenters. The van der Waals surface area contributed by atoms with E-state index in [1.165, 1.54) is 6.07 Å². The molecule has 0 heterocycles. The van der Waals surface area contributed by atoms with Gasteiger partial charge in [-0.3, -0.25) is 0 Å². The first-order valence-electron chi connectivity index (χ1n) is 6.07. The van der Waals surface area contributed by atoms with Gasteiger partial charge in [0.25, 0.3) is 0 Å². The molecule has 102 valence electrons. The van der Waals surface area contributed by atoms with Gasteiger partial charge >= 0.3 is 6.03 Å². The Bertz CT molecular complexity index is 492. The maximum Gasteiger partial charge on any atom is 0.315 e. The predicted octanol–water partition coefficient (Wildman–Crippen LogP) is 1.38. The zero-order valence-electron chi connectivity index (χ0n) is 10.8. The van der Waals surface area contributed by atoms with Crippen molar-refractivity contribution in [2.45, 2.75) is 19.9 Å². The van der Waals surface area contributed by atoms with Crippen LogP contribution in [0.25, 0.3) is 0 Å². The second-order valence-corrected chi connectivity index (χ2v) is 3.79. The third-order valence-electron chi connectivity index (χ3n) is 2.29. The third-order valence-corrected chi connectivity index (χ3v) is 2.29. The number of nitrogens with one attached hydrogen (secondary N) is 2. The first kappa shape index (κ1) is 15.0. The van der Waals surface area contributed by atoms with Crippen LogP contribution >= 0.6 is 0 Å². The fourth-order valence-electron chi connectivity index (χ4n) is 1.41. The highest BCUT2D eigenvalue weighted by molar-refractivity contribution is 5.73. The normalized spacial score (nSPS) is 9.42. The maximum atomic E-state index is 13.5. The van der Waals surface area contributed by atoms with Gasteiger partial charge < -0.3 is 15.7 Å². The van der Waals surface area contributed by atoms with Gasteiger partial charge in [-0.1, -0.05) is 11.8 Å². The SMILES string of the molecule is CCNC(=O)NCc1cc(C#CCCO)ccc1F. The van der Waals surface area contributed by atoms with Crippen molar-refractivity contribution >= 4 is 6.03 Å². The molecule has 0 aliphatic heterocycles. The standard InChI is InChI=1S/C14H17FN2O2/c1-2-16-14(19)17-10-12-9-11(5-3-4-8-18)6-7-13(12)15/h6-7,9,18H,2,4,8,10H2,1H3,(H2,16,17,19). The van der Waals surface area contributed by atoms with Crippen LogP contribution < -0.4 is 10.6 Å². The van der Waals surface area contributed by atoms with Gasteiger partial charge in [-0.15, -0.1) is 0 Å². The molecule has 0 saturated carbocycles. The Kier molecular flexibility index (Phi) is 6.41. The van der Waals surface area contributed by atoms with Gasteiger partial charge in [0, 0.05) is 30.6 Å². The summed E-state index contributed by atoms with van der Waals surface area (Å²) in [5.41, 5.74) is 1.03. The second kappa shape index (κ2) is 8.11. The van der Waals surface area contributed by atoms with Crippen LogP contribution in [-0.2, 0) is 6.54 Å². The van der Waals surface area contributed by atoms with Crippen LogP contribution in [0.4, 0.5) is 9.18 Å². The lowest BCUT2D eigenvalue weighted by atomic mass is 10.1. The number of halogens is 1. The molecule has 0 aliphatic carbocycles. The fraction of sp³-hybridized carbons (Fsp3) is 0.357. The lowest BCUT2D eigenvalue weighted by molar-refractivity contribution is 0.241. The highest BCUT2D eigenvalue weighted by atomic mass is 19.1. The van der Waals surface area contributed by atoms with E-state index in [0.29, 0.717) is 24.1 Å². The van der Waals surface area contributed by atoms with Gasteiger partial charge in [0.15, 0.2) is 0 Å². The Morgan fingerprint density at radius 3 is 2.89 bits per heavy atom. The van der Waals surface area contributed by atoms with E-state index in [2.05, 4.69) is 22.5 Å². The van der Waals surface area contributed by atoms with E-state index in [1.807, 2.05) is 0 Å². The van der Waals surface area contributed by atoms with Crippen molar-refractivity contribution in [2.24, 2.45) is 0 Å². The van der Waals surface area contributed by atoms with Crippen LogP contribution in [0.2, 0.25) is 0 Å². The molecule has 5 heteroatoms. The lowest BCUT2D eigenvalue weighted by Gasteiger charge is -2.07. The van der Waals surface area contributed by atoms with Crippen LogP contribution in [-0.4, -0.2) is 24.3 Å². The highest BCUT2D eigenvalue weighted by Gasteiger charge is 2.04. The molecule has 0 radical (unpaired) electrons. The number of amides is 2. The number of hydrogen-bond acceptors (Lipinski definition) is 2. The van der Waals surface area contributed by atoms with Gasteiger partial charge in [0.2, 0.25) is 0 Å². The second-order valence-electron chi connectivity index (χ2n) is 3.79. The van der Waals surface area contributed by atoms with Gasteiger partial charge in [-0.2, -0.15) is 0 Å². The van der Waals surface area contributed by atoms with E-state index in [9.17, 15) is 9.18 Å². The summed E-state index contributed by atoms with van der Waals surface area (Å²) in [4.78, 5) is 11.2. The highest BCUT2D eigenvalue weighted by Crippen LogP contribution is 2.09. The number of aliphatic hydroxyl groups excluding tert-OH is 1. The molecule has 1 rings (SSSR count). The predicted molar refractivity (Wildman–Crippen MR) is 70.9 cm³/mol. The Labute approximate surface area is 112 Å². The number of aliphatic hydroxyl groups is 1. The quantitative estimate of drug-likeness (QED) is 0.719. The monoisotopic (exact) mass is 264 g/mol. The van der Waals surface area contributed by atoms with Gasteiger partial charge in [-0.25, -0.2) is 9.18 Å². The van der Waals surface area contributed by atoms with Crippen LogP contribution in [0.15, 0.2) is 18.2 Å². The van der Waals surface area contributed by atoms with Crippen molar-refractivity contribution < 1.29 is 14.3 Å². The van der Waals surface area contributed by atoms with Crippen LogP contribution in [0, 0.1) is 17.7 Å². The number of rotatable bonds is 4. The molecule has 0 bridgehead atoms. The Morgan fingerprint density at radius 2 is 2.21 bits per heavy atom. The van der Waals surface area contributed by atoms with E-state index < -0.39 is 0 Å². The zero-order chi connectivity index (χ0) is 14.1. The molecule has 4 nitrogen and oxygen atoms in total. The van der Waals surface area contributed by atoms with E-state index >= 15 is 0 Å².